The van der Waals surface area contributed by atoms with Crippen LogP contribution in [0, 0.1) is 0 Å². The Kier molecular flexibility index (Phi) is 3.85. The molecule has 2 amide bonds. The SMILES string of the molecule is CCNc1nc(N)c(C(=O)N2CCNC(=O)C2(C)C)s1. The lowest BCUT2D eigenvalue weighted by Crippen LogP contribution is -2.63. The van der Waals surface area contributed by atoms with Gasteiger partial charge >= 0.3 is 0 Å². The molecule has 0 aliphatic carbocycles. The summed E-state index contributed by atoms with van der Waals surface area (Å²) in [5.74, 6) is -0.200. The number of thiazole rings is 1. The van der Waals surface area contributed by atoms with Crippen LogP contribution < -0.4 is 16.4 Å². The van der Waals surface area contributed by atoms with Gasteiger partial charge in [0, 0.05) is 19.6 Å². The molecule has 0 spiro atoms. The maximum atomic E-state index is 12.6. The Morgan fingerprint density at radius 3 is 2.95 bits per heavy atom. The molecule has 110 valence electrons. The highest BCUT2D eigenvalue weighted by atomic mass is 32.1. The lowest BCUT2D eigenvalue weighted by Gasteiger charge is -2.40. The van der Waals surface area contributed by atoms with Crippen LogP contribution in [0.5, 0.6) is 0 Å². The molecule has 1 aromatic rings. The first-order valence-corrected chi connectivity index (χ1v) is 7.30. The third kappa shape index (κ3) is 2.43. The minimum absolute atomic E-state index is 0.160. The van der Waals surface area contributed by atoms with E-state index in [1.807, 2.05) is 6.92 Å². The van der Waals surface area contributed by atoms with Gasteiger partial charge in [0.2, 0.25) is 5.91 Å². The molecule has 1 saturated heterocycles. The Hall–Kier alpha value is -1.83. The van der Waals surface area contributed by atoms with E-state index >= 15 is 0 Å². The fourth-order valence-corrected chi connectivity index (χ4v) is 2.99. The first kappa shape index (κ1) is 14.6. The van der Waals surface area contributed by atoms with Crippen molar-refractivity contribution in [2.75, 3.05) is 30.7 Å². The first-order valence-electron chi connectivity index (χ1n) is 6.48. The van der Waals surface area contributed by atoms with E-state index in [4.69, 9.17) is 5.73 Å². The summed E-state index contributed by atoms with van der Waals surface area (Å²) in [6, 6.07) is 0. The van der Waals surface area contributed by atoms with Crippen LogP contribution in [0.1, 0.15) is 30.4 Å². The molecular formula is C12H19N5O2S. The number of nitrogens with zero attached hydrogens (tertiary/aromatic N) is 2. The number of carbonyl (C=O) groups excluding carboxylic acids is 2. The molecule has 1 fully saturated rings. The van der Waals surface area contributed by atoms with Gasteiger partial charge in [-0.25, -0.2) is 4.98 Å². The number of aromatic nitrogens is 1. The van der Waals surface area contributed by atoms with Crippen molar-refractivity contribution >= 4 is 34.1 Å². The monoisotopic (exact) mass is 297 g/mol. The molecule has 0 aromatic carbocycles. The van der Waals surface area contributed by atoms with E-state index in [0.29, 0.717) is 29.6 Å². The van der Waals surface area contributed by atoms with Crippen molar-refractivity contribution in [3.8, 4) is 0 Å². The summed E-state index contributed by atoms with van der Waals surface area (Å²) < 4.78 is 0. The number of rotatable bonds is 3. The van der Waals surface area contributed by atoms with Crippen molar-refractivity contribution in [2.45, 2.75) is 26.3 Å². The summed E-state index contributed by atoms with van der Waals surface area (Å²) in [6.07, 6.45) is 0. The number of piperazine rings is 1. The number of hydrogen-bond acceptors (Lipinski definition) is 6. The average molecular weight is 297 g/mol. The molecule has 7 nitrogen and oxygen atoms in total. The Labute approximate surface area is 121 Å². The van der Waals surface area contributed by atoms with Gasteiger partial charge in [-0.05, 0) is 20.8 Å². The highest BCUT2D eigenvalue weighted by Gasteiger charge is 2.41. The molecule has 8 heteroatoms. The highest BCUT2D eigenvalue weighted by Crippen LogP contribution is 2.29. The number of amides is 2. The van der Waals surface area contributed by atoms with Crippen LogP contribution in [-0.2, 0) is 4.79 Å². The lowest BCUT2D eigenvalue weighted by atomic mass is 9.98. The molecule has 1 aromatic heterocycles. The second-order valence-corrected chi connectivity index (χ2v) is 6.03. The maximum Gasteiger partial charge on any atom is 0.268 e. The molecule has 20 heavy (non-hydrogen) atoms. The zero-order chi connectivity index (χ0) is 14.9. The van der Waals surface area contributed by atoms with Crippen LogP contribution in [0.4, 0.5) is 10.9 Å². The van der Waals surface area contributed by atoms with Gasteiger partial charge < -0.3 is 21.3 Å². The summed E-state index contributed by atoms with van der Waals surface area (Å²) in [6.45, 7) is 7.01. The summed E-state index contributed by atoms with van der Waals surface area (Å²) >= 11 is 1.22. The number of nitrogen functional groups attached to an aromatic ring is 1. The number of carbonyl (C=O) groups is 2. The predicted molar refractivity (Wildman–Crippen MR) is 78.8 cm³/mol. The van der Waals surface area contributed by atoms with Crippen molar-refractivity contribution in [3.63, 3.8) is 0 Å². The van der Waals surface area contributed by atoms with Crippen LogP contribution >= 0.6 is 11.3 Å². The predicted octanol–water partition coefficient (Wildman–Crippen LogP) is 0.508. The molecule has 0 radical (unpaired) electrons. The van der Waals surface area contributed by atoms with Crippen molar-refractivity contribution < 1.29 is 9.59 Å². The summed E-state index contributed by atoms with van der Waals surface area (Å²) in [5.41, 5.74) is 4.93. The van der Waals surface area contributed by atoms with E-state index in [1.54, 1.807) is 18.7 Å². The van der Waals surface area contributed by atoms with E-state index in [9.17, 15) is 9.59 Å². The molecular weight excluding hydrogens is 278 g/mol. The van der Waals surface area contributed by atoms with Crippen molar-refractivity contribution in [3.05, 3.63) is 4.88 Å². The first-order chi connectivity index (χ1) is 9.37. The molecule has 0 unspecified atom stereocenters. The van der Waals surface area contributed by atoms with Crippen LogP contribution in [0.15, 0.2) is 0 Å². The van der Waals surface area contributed by atoms with Gasteiger partial charge in [0.25, 0.3) is 5.91 Å². The van der Waals surface area contributed by atoms with Gasteiger partial charge in [-0.3, -0.25) is 9.59 Å². The smallest absolute Gasteiger partial charge is 0.268 e. The molecule has 1 aliphatic rings. The quantitative estimate of drug-likeness (QED) is 0.754. The molecule has 2 heterocycles. The number of nitrogens with two attached hydrogens (primary N) is 1. The summed E-state index contributed by atoms with van der Waals surface area (Å²) in [4.78, 5) is 30.5. The second kappa shape index (κ2) is 5.28. The third-order valence-corrected chi connectivity index (χ3v) is 4.29. The molecule has 0 saturated carbocycles. The van der Waals surface area contributed by atoms with E-state index in [-0.39, 0.29) is 17.6 Å². The van der Waals surface area contributed by atoms with E-state index in [0.717, 1.165) is 0 Å². The van der Waals surface area contributed by atoms with E-state index in [1.165, 1.54) is 11.3 Å². The zero-order valence-electron chi connectivity index (χ0n) is 11.8. The van der Waals surface area contributed by atoms with Gasteiger partial charge in [-0.1, -0.05) is 11.3 Å². The molecule has 0 atom stereocenters. The average Bonchev–Trinajstić information content (AvgIpc) is 2.73. The number of hydrogen-bond donors (Lipinski definition) is 3. The Balaban J connectivity index is 2.28. The van der Waals surface area contributed by atoms with Gasteiger partial charge in [-0.15, -0.1) is 0 Å². The van der Waals surface area contributed by atoms with Gasteiger partial charge in [-0.2, -0.15) is 0 Å². The van der Waals surface area contributed by atoms with Gasteiger partial charge in [0.05, 0.1) is 0 Å². The van der Waals surface area contributed by atoms with Gasteiger partial charge in [0.1, 0.15) is 16.2 Å². The molecule has 0 bridgehead atoms. The molecule has 1 aliphatic heterocycles. The number of anilines is 2. The molecule has 4 N–H and O–H groups in total. The van der Waals surface area contributed by atoms with Crippen LogP contribution in [-0.4, -0.2) is 46.9 Å². The third-order valence-electron chi connectivity index (χ3n) is 3.27. The highest BCUT2D eigenvalue weighted by molar-refractivity contribution is 7.18. The van der Waals surface area contributed by atoms with Crippen molar-refractivity contribution in [1.82, 2.24) is 15.2 Å². The zero-order valence-corrected chi connectivity index (χ0v) is 12.6. The Morgan fingerprint density at radius 2 is 2.30 bits per heavy atom. The Bertz CT molecular complexity index is 540. The minimum Gasteiger partial charge on any atom is -0.382 e. The van der Waals surface area contributed by atoms with Crippen LogP contribution in [0.2, 0.25) is 0 Å². The number of nitrogens with one attached hydrogen (secondary N) is 2. The van der Waals surface area contributed by atoms with Crippen molar-refractivity contribution in [2.24, 2.45) is 0 Å². The summed E-state index contributed by atoms with van der Waals surface area (Å²) in [5, 5.41) is 6.41. The summed E-state index contributed by atoms with van der Waals surface area (Å²) in [7, 11) is 0. The normalized spacial score (nSPS) is 17.8. The lowest BCUT2D eigenvalue weighted by molar-refractivity contribution is -0.133. The minimum atomic E-state index is -0.885. The standard InChI is InChI=1S/C12H19N5O2S/c1-4-14-11-16-8(13)7(20-11)9(18)17-6-5-15-10(19)12(17,2)3/h4-6,13H2,1-3H3,(H,14,16)(H,15,19). The maximum absolute atomic E-state index is 12.6. The topological polar surface area (TPSA) is 100 Å². The fourth-order valence-electron chi connectivity index (χ4n) is 2.09. The molecule has 2 rings (SSSR count). The van der Waals surface area contributed by atoms with Crippen LogP contribution in [0.3, 0.4) is 0 Å². The largest absolute Gasteiger partial charge is 0.382 e. The fraction of sp³-hybridized carbons (Fsp3) is 0.583. The van der Waals surface area contributed by atoms with Gasteiger partial charge in [0.15, 0.2) is 5.13 Å². The van der Waals surface area contributed by atoms with E-state index in [2.05, 4.69) is 15.6 Å². The van der Waals surface area contributed by atoms with Crippen molar-refractivity contribution in [1.29, 1.82) is 0 Å². The van der Waals surface area contributed by atoms with E-state index < -0.39 is 5.54 Å². The second-order valence-electron chi connectivity index (χ2n) is 5.04. The Morgan fingerprint density at radius 1 is 1.60 bits per heavy atom. The van der Waals surface area contributed by atoms with Crippen LogP contribution in [0.25, 0.3) is 0 Å².